The maximum Gasteiger partial charge on any atom is 0.291 e. The Bertz CT molecular complexity index is 828. The summed E-state index contributed by atoms with van der Waals surface area (Å²) in [4.78, 5) is 30.7. The molecule has 2 amide bonds. The van der Waals surface area contributed by atoms with Crippen molar-refractivity contribution < 1.29 is 14.3 Å². The van der Waals surface area contributed by atoms with Crippen LogP contribution in [0, 0.1) is 0 Å². The molecule has 2 aromatic rings. The van der Waals surface area contributed by atoms with Crippen molar-refractivity contribution in [1.29, 1.82) is 0 Å². The van der Waals surface area contributed by atoms with Crippen LogP contribution in [0.15, 0.2) is 30.6 Å². The van der Waals surface area contributed by atoms with Crippen molar-refractivity contribution in [1.82, 2.24) is 25.4 Å². The molecule has 0 unspecified atom stereocenters. The highest BCUT2D eigenvalue weighted by atomic mass is 16.5. The number of aromatic amines is 1. The Morgan fingerprint density at radius 2 is 2.11 bits per heavy atom. The normalized spacial score (nSPS) is 20.6. The van der Waals surface area contributed by atoms with Gasteiger partial charge >= 0.3 is 0 Å². The van der Waals surface area contributed by atoms with E-state index in [0.29, 0.717) is 26.1 Å². The van der Waals surface area contributed by atoms with Crippen LogP contribution in [-0.2, 0) is 10.2 Å². The van der Waals surface area contributed by atoms with Crippen LogP contribution in [0.4, 0.5) is 0 Å². The van der Waals surface area contributed by atoms with Crippen molar-refractivity contribution in [2.45, 2.75) is 37.7 Å². The second-order valence-electron chi connectivity index (χ2n) is 7.11. The summed E-state index contributed by atoms with van der Waals surface area (Å²) in [7, 11) is 0. The molecule has 1 spiro atoms. The highest BCUT2D eigenvalue weighted by molar-refractivity contribution is 5.90. The maximum atomic E-state index is 12.5. The van der Waals surface area contributed by atoms with E-state index in [1.807, 2.05) is 25.1 Å². The molecule has 3 heterocycles. The Balaban J connectivity index is 1.56. The fourth-order valence-electron chi connectivity index (χ4n) is 4.17. The lowest BCUT2D eigenvalue weighted by Crippen LogP contribution is -2.52. The van der Waals surface area contributed by atoms with E-state index < -0.39 is 6.10 Å². The van der Waals surface area contributed by atoms with Gasteiger partial charge in [-0.2, -0.15) is 5.10 Å². The van der Waals surface area contributed by atoms with Crippen LogP contribution in [0.3, 0.4) is 0 Å². The SMILES string of the molecule is CCNC(=O)[C@@H]1CC2(CCN(C(=O)c3ncn[nH]3)CC2)c2ccccc2O1. The van der Waals surface area contributed by atoms with Crippen molar-refractivity contribution in [3.05, 3.63) is 42.0 Å². The molecule has 0 aliphatic carbocycles. The molecule has 8 nitrogen and oxygen atoms in total. The third-order valence-electron chi connectivity index (χ3n) is 5.57. The molecule has 1 aromatic heterocycles. The average Bonchev–Trinajstić information content (AvgIpc) is 3.23. The number of carbonyl (C=O) groups is 2. The number of H-pyrrole nitrogens is 1. The lowest BCUT2D eigenvalue weighted by Gasteiger charge is -2.46. The van der Waals surface area contributed by atoms with Crippen molar-refractivity contribution in [3.63, 3.8) is 0 Å². The maximum absolute atomic E-state index is 12.5. The number of likely N-dealkylation sites (N-methyl/N-ethyl adjacent to an activating group) is 1. The van der Waals surface area contributed by atoms with E-state index in [-0.39, 0.29) is 23.1 Å². The third kappa shape index (κ3) is 3.15. The number of carbonyl (C=O) groups excluding carboxylic acids is 2. The van der Waals surface area contributed by atoms with Crippen molar-refractivity contribution >= 4 is 11.8 Å². The number of rotatable bonds is 3. The molecular weight excluding hydrogens is 346 g/mol. The lowest BCUT2D eigenvalue weighted by molar-refractivity contribution is -0.130. The van der Waals surface area contributed by atoms with Gasteiger partial charge < -0.3 is 15.0 Å². The summed E-state index contributed by atoms with van der Waals surface area (Å²) in [5.41, 5.74) is 0.972. The van der Waals surface area contributed by atoms with E-state index in [9.17, 15) is 9.59 Å². The molecular formula is C19H23N5O3. The number of fused-ring (bicyclic) bond motifs is 2. The molecule has 2 aliphatic rings. The minimum Gasteiger partial charge on any atom is -0.480 e. The number of hydrogen-bond acceptors (Lipinski definition) is 5. The highest BCUT2D eigenvalue weighted by Crippen LogP contribution is 2.47. The van der Waals surface area contributed by atoms with Crippen LogP contribution >= 0.6 is 0 Å². The number of nitrogens with zero attached hydrogens (tertiary/aromatic N) is 3. The van der Waals surface area contributed by atoms with Crippen LogP contribution < -0.4 is 10.1 Å². The van der Waals surface area contributed by atoms with Crippen molar-refractivity contribution in [2.24, 2.45) is 0 Å². The van der Waals surface area contributed by atoms with Gasteiger partial charge in [-0.1, -0.05) is 18.2 Å². The van der Waals surface area contributed by atoms with Crippen molar-refractivity contribution in [3.8, 4) is 5.75 Å². The van der Waals surface area contributed by atoms with Crippen LogP contribution in [0.25, 0.3) is 0 Å². The van der Waals surface area contributed by atoms with E-state index in [4.69, 9.17) is 4.74 Å². The first-order valence-electron chi connectivity index (χ1n) is 9.31. The van der Waals surface area contributed by atoms with Crippen LogP contribution in [0.1, 0.15) is 42.4 Å². The summed E-state index contributed by atoms with van der Waals surface area (Å²) in [5.74, 6) is 0.822. The van der Waals surface area contributed by atoms with Gasteiger partial charge in [0, 0.05) is 37.0 Å². The van der Waals surface area contributed by atoms with Gasteiger partial charge in [-0.15, -0.1) is 0 Å². The number of para-hydroxylation sites is 1. The number of aromatic nitrogens is 3. The minimum atomic E-state index is -0.503. The molecule has 1 saturated heterocycles. The summed E-state index contributed by atoms with van der Waals surface area (Å²) < 4.78 is 5.99. The first-order valence-corrected chi connectivity index (χ1v) is 9.31. The predicted octanol–water partition coefficient (Wildman–Crippen LogP) is 1.27. The van der Waals surface area contributed by atoms with E-state index in [2.05, 4.69) is 26.6 Å². The molecule has 1 atom stereocenters. The molecule has 142 valence electrons. The summed E-state index contributed by atoms with van der Waals surface area (Å²) in [6, 6.07) is 7.93. The molecule has 0 radical (unpaired) electrons. The number of ether oxygens (including phenoxy) is 1. The lowest BCUT2D eigenvalue weighted by atomic mass is 9.67. The Labute approximate surface area is 157 Å². The second-order valence-corrected chi connectivity index (χ2v) is 7.11. The quantitative estimate of drug-likeness (QED) is 0.849. The molecule has 27 heavy (non-hydrogen) atoms. The number of hydrogen-bond donors (Lipinski definition) is 2. The first kappa shape index (κ1) is 17.5. The Hall–Kier alpha value is -2.90. The summed E-state index contributed by atoms with van der Waals surface area (Å²) in [6.45, 7) is 3.69. The van der Waals surface area contributed by atoms with Gasteiger partial charge in [0.05, 0.1) is 0 Å². The van der Waals surface area contributed by atoms with Gasteiger partial charge in [-0.05, 0) is 25.8 Å². The molecule has 2 aliphatic heterocycles. The highest BCUT2D eigenvalue weighted by Gasteiger charge is 2.46. The molecule has 4 rings (SSSR count). The van der Waals surface area contributed by atoms with Gasteiger partial charge in [-0.3, -0.25) is 14.7 Å². The van der Waals surface area contributed by atoms with Gasteiger partial charge in [0.15, 0.2) is 6.10 Å². The predicted molar refractivity (Wildman–Crippen MR) is 97.4 cm³/mol. The standard InChI is InChI=1S/C19H23N5O3/c1-2-20-17(25)15-11-19(13-5-3-4-6-14(13)27-15)7-9-24(10-8-19)18(26)16-21-12-22-23-16/h3-6,12,15H,2,7-11H2,1H3,(H,20,25)(H,21,22,23)/t15-/m0/s1. The van der Waals surface area contributed by atoms with Gasteiger partial charge in [0.25, 0.3) is 11.8 Å². The molecule has 1 fully saturated rings. The second kappa shape index (κ2) is 7.02. The average molecular weight is 369 g/mol. The topological polar surface area (TPSA) is 100 Å². The fourth-order valence-corrected chi connectivity index (χ4v) is 4.17. The zero-order valence-corrected chi connectivity index (χ0v) is 15.3. The summed E-state index contributed by atoms with van der Waals surface area (Å²) in [6.07, 6.45) is 3.02. The first-order chi connectivity index (χ1) is 13.1. The van der Waals surface area contributed by atoms with Crippen LogP contribution in [-0.4, -0.2) is 57.6 Å². The van der Waals surface area contributed by atoms with E-state index in [1.165, 1.54) is 6.33 Å². The zero-order chi connectivity index (χ0) is 18.9. The molecule has 8 heteroatoms. The smallest absolute Gasteiger partial charge is 0.291 e. The van der Waals surface area contributed by atoms with E-state index in [0.717, 1.165) is 24.2 Å². The van der Waals surface area contributed by atoms with Crippen molar-refractivity contribution in [2.75, 3.05) is 19.6 Å². The van der Waals surface area contributed by atoms with Gasteiger partial charge in [0.2, 0.25) is 5.82 Å². The van der Waals surface area contributed by atoms with E-state index >= 15 is 0 Å². The van der Waals surface area contributed by atoms with Gasteiger partial charge in [0.1, 0.15) is 12.1 Å². The summed E-state index contributed by atoms with van der Waals surface area (Å²) >= 11 is 0. The van der Waals surface area contributed by atoms with Gasteiger partial charge in [-0.25, -0.2) is 4.98 Å². The van der Waals surface area contributed by atoms with Crippen LogP contribution in [0.5, 0.6) is 5.75 Å². The number of benzene rings is 1. The Morgan fingerprint density at radius 1 is 1.33 bits per heavy atom. The van der Waals surface area contributed by atoms with Crippen LogP contribution in [0.2, 0.25) is 0 Å². The molecule has 0 bridgehead atoms. The summed E-state index contributed by atoms with van der Waals surface area (Å²) in [5, 5.41) is 9.25. The molecule has 2 N–H and O–H groups in total. The number of piperidine rings is 1. The molecule has 0 saturated carbocycles. The number of likely N-dealkylation sites (tertiary alicyclic amines) is 1. The minimum absolute atomic E-state index is 0.0773. The molecule has 1 aromatic carbocycles. The monoisotopic (exact) mass is 369 g/mol. The number of amides is 2. The van der Waals surface area contributed by atoms with E-state index in [1.54, 1.807) is 4.90 Å². The fraction of sp³-hybridized carbons (Fsp3) is 0.474. The third-order valence-corrected chi connectivity index (χ3v) is 5.57. The number of nitrogens with one attached hydrogen (secondary N) is 2. The zero-order valence-electron chi connectivity index (χ0n) is 15.3. The Kier molecular flexibility index (Phi) is 4.55. The Morgan fingerprint density at radius 3 is 2.81 bits per heavy atom. The largest absolute Gasteiger partial charge is 0.480 e.